The van der Waals surface area contributed by atoms with Crippen molar-refractivity contribution in [2.45, 2.75) is 13.8 Å². The first-order valence-electron chi connectivity index (χ1n) is 6.40. The lowest BCUT2D eigenvalue weighted by molar-refractivity contribution is 0.104. The minimum atomic E-state index is -0.243. The molecule has 98 valence electrons. The monoisotopic (exact) mass is 261 g/mol. The normalized spacial score (nSPS) is 10.9. The van der Waals surface area contributed by atoms with Crippen molar-refractivity contribution in [1.29, 1.82) is 5.26 Å². The molecule has 20 heavy (non-hydrogen) atoms. The first-order chi connectivity index (χ1) is 9.60. The van der Waals surface area contributed by atoms with Gasteiger partial charge in [0.25, 0.3) is 0 Å². The Balaban J connectivity index is 2.32. The van der Waals surface area contributed by atoms with Crippen LogP contribution in [-0.4, -0.2) is 5.78 Å². The van der Waals surface area contributed by atoms with Gasteiger partial charge >= 0.3 is 0 Å². The molecule has 0 aliphatic carbocycles. The molecule has 2 aromatic carbocycles. The van der Waals surface area contributed by atoms with Gasteiger partial charge in [-0.05, 0) is 25.5 Å². The molecule has 0 radical (unpaired) electrons. The molecule has 0 unspecified atom stereocenters. The van der Waals surface area contributed by atoms with Crippen molar-refractivity contribution in [3.05, 3.63) is 76.4 Å². The molecule has 0 aliphatic heterocycles. The number of carbonyl (C=O) groups excluding carboxylic acids is 1. The fraction of sp³-hybridized carbons (Fsp3) is 0.111. The number of aryl methyl sites for hydroxylation is 2. The van der Waals surface area contributed by atoms with Crippen molar-refractivity contribution in [2.24, 2.45) is 0 Å². The van der Waals surface area contributed by atoms with E-state index in [1.165, 1.54) is 0 Å². The van der Waals surface area contributed by atoms with Crippen molar-refractivity contribution < 1.29 is 4.79 Å². The molecule has 0 saturated heterocycles. The molecule has 2 rings (SSSR count). The van der Waals surface area contributed by atoms with E-state index in [1.807, 2.05) is 56.3 Å². The quantitative estimate of drug-likeness (QED) is 0.474. The second kappa shape index (κ2) is 5.99. The van der Waals surface area contributed by atoms with Crippen LogP contribution in [0.5, 0.6) is 0 Å². The Kier molecular flexibility index (Phi) is 4.12. The molecule has 0 N–H and O–H groups in total. The van der Waals surface area contributed by atoms with E-state index >= 15 is 0 Å². The molecule has 0 spiro atoms. The van der Waals surface area contributed by atoms with Gasteiger partial charge in [0.15, 0.2) is 0 Å². The van der Waals surface area contributed by atoms with Crippen LogP contribution in [0.4, 0.5) is 0 Å². The molecule has 2 aromatic rings. The molecular weight excluding hydrogens is 246 g/mol. The van der Waals surface area contributed by atoms with Crippen LogP contribution in [0.3, 0.4) is 0 Å². The predicted octanol–water partition coefficient (Wildman–Crippen LogP) is 4.09. The number of allylic oxidation sites excluding steroid dienone is 1. The predicted molar refractivity (Wildman–Crippen MR) is 80.3 cm³/mol. The minimum Gasteiger partial charge on any atom is -0.288 e. The first kappa shape index (κ1) is 13.8. The van der Waals surface area contributed by atoms with E-state index in [0.717, 1.165) is 16.7 Å². The summed E-state index contributed by atoms with van der Waals surface area (Å²) in [4.78, 5) is 12.3. The summed E-state index contributed by atoms with van der Waals surface area (Å²) in [5, 5.41) is 9.19. The van der Waals surface area contributed by atoms with Crippen LogP contribution in [-0.2, 0) is 0 Å². The molecule has 0 aliphatic rings. The number of rotatable bonds is 3. The number of nitriles is 1. The Bertz CT molecular complexity index is 686. The van der Waals surface area contributed by atoms with Crippen LogP contribution in [0.1, 0.15) is 27.0 Å². The summed E-state index contributed by atoms with van der Waals surface area (Å²) in [6, 6.07) is 16.9. The number of nitrogens with zero attached hydrogens (tertiary/aromatic N) is 1. The highest BCUT2D eigenvalue weighted by Crippen LogP contribution is 2.14. The van der Waals surface area contributed by atoms with E-state index in [-0.39, 0.29) is 11.4 Å². The summed E-state index contributed by atoms with van der Waals surface area (Å²) < 4.78 is 0. The summed E-state index contributed by atoms with van der Waals surface area (Å²) in [7, 11) is 0. The summed E-state index contributed by atoms with van der Waals surface area (Å²) >= 11 is 0. The molecule has 0 atom stereocenters. The van der Waals surface area contributed by atoms with Gasteiger partial charge in [0.05, 0.1) is 0 Å². The third-order valence-electron chi connectivity index (χ3n) is 3.07. The third-order valence-corrected chi connectivity index (χ3v) is 3.07. The number of hydrogen-bond acceptors (Lipinski definition) is 2. The van der Waals surface area contributed by atoms with Crippen molar-refractivity contribution in [2.75, 3.05) is 0 Å². The van der Waals surface area contributed by atoms with Gasteiger partial charge in [-0.15, -0.1) is 0 Å². The Morgan fingerprint density at radius 2 is 1.45 bits per heavy atom. The highest BCUT2D eigenvalue weighted by Gasteiger charge is 2.11. The van der Waals surface area contributed by atoms with E-state index in [4.69, 9.17) is 0 Å². The van der Waals surface area contributed by atoms with Crippen LogP contribution >= 0.6 is 0 Å². The smallest absolute Gasteiger partial charge is 0.203 e. The van der Waals surface area contributed by atoms with Crippen molar-refractivity contribution in [3.8, 4) is 6.07 Å². The maximum atomic E-state index is 12.3. The van der Waals surface area contributed by atoms with Gasteiger partial charge in [-0.3, -0.25) is 4.79 Å². The van der Waals surface area contributed by atoms with Gasteiger partial charge in [0.1, 0.15) is 11.6 Å². The number of Topliss-reactive ketones (excluding diaryl/α,β-unsaturated/α-hetero) is 1. The Morgan fingerprint density at radius 1 is 0.950 bits per heavy atom. The highest BCUT2D eigenvalue weighted by molar-refractivity contribution is 6.14. The largest absolute Gasteiger partial charge is 0.288 e. The van der Waals surface area contributed by atoms with Gasteiger partial charge in [-0.25, -0.2) is 0 Å². The lowest BCUT2D eigenvalue weighted by Gasteiger charge is -2.01. The molecule has 2 heteroatoms. The van der Waals surface area contributed by atoms with Crippen molar-refractivity contribution in [1.82, 2.24) is 0 Å². The second-order valence-corrected chi connectivity index (χ2v) is 4.78. The first-order valence-corrected chi connectivity index (χ1v) is 6.40. The van der Waals surface area contributed by atoms with E-state index in [9.17, 15) is 10.1 Å². The molecule has 0 aromatic heterocycles. The fourth-order valence-electron chi connectivity index (χ4n) is 1.84. The number of benzene rings is 2. The van der Waals surface area contributed by atoms with Gasteiger partial charge in [-0.1, -0.05) is 59.7 Å². The Morgan fingerprint density at radius 3 is 1.95 bits per heavy atom. The van der Waals surface area contributed by atoms with E-state index in [0.29, 0.717) is 5.56 Å². The Labute approximate surface area is 119 Å². The molecule has 0 heterocycles. The van der Waals surface area contributed by atoms with Crippen LogP contribution in [0.2, 0.25) is 0 Å². The maximum Gasteiger partial charge on any atom is 0.203 e. The Hall–Kier alpha value is -2.66. The zero-order valence-electron chi connectivity index (χ0n) is 11.6. The van der Waals surface area contributed by atoms with Crippen LogP contribution in [0, 0.1) is 25.2 Å². The molecule has 0 fully saturated rings. The van der Waals surface area contributed by atoms with Gasteiger partial charge in [0, 0.05) is 5.56 Å². The lowest BCUT2D eigenvalue weighted by Crippen LogP contribution is -2.01. The SMILES string of the molecule is Cc1ccc(C=C(C#N)C(=O)c2ccc(C)cc2)cc1. The van der Waals surface area contributed by atoms with E-state index in [1.54, 1.807) is 18.2 Å². The van der Waals surface area contributed by atoms with Gasteiger partial charge < -0.3 is 0 Å². The third kappa shape index (κ3) is 3.21. The fourth-order valence-corrected chi connectivity index (χ4v) is 1.84. The van der Waals surface area contributed by atoms with Crippen molar-refractivity contribution >= 4 is 11.9 Å². The molecule has 2 nitrogen and oxygen atoms in total. The average Bonchev–Trinajstić information content (AvgIpc) is 2.47. The zero-order chi connectivity index (χ0) is 14.5. The molecule has 0 bridgehead atoms. The van der Waals surface area contributed by atoms with E-state index in [2.05, 4.69) is 0 Å². The summed E-state index contributed by atoms with van der Waals surface area (Å²) in [5.74, 6) is -0.243. The standard InChI is InChI=1S/C18H15NO/c1-13-3-7-15(8-4-13)11-17(12-19)18(20)16-9-5-14(2)6-10-16/h3-11H,1-2H3. The van der Waals surface area contributed by atoms with Gasteiger partial charge in [-0.2, -0.15) is 5.26 Å². The molecule has 0 amide bonds. The lowest BCUT2D eigenvalue weighted by atomic mass is 10.0. The molecule has 0 saturated carbocycles. The number of ketones is 1. The van der Waals surface area contributed by atoms with Gasteiger partial charge in [0.2, 0.25) is 5.78 Å². The second-order valence-electron chi connectivity index (χ2n) is 4.78. The topological polar surface area (TPSA) is 40.9 Å². The van der Waals surface area contributed by atoms with Crippen molar-refractivity contribution in [3.63, 3.8) is 0 Å². The van der Waals surface area contributed by atoms with Crippen LogP contribution in [0.15, 0.2) is 54.1 Å². The van der Waals surface area contributed by atoms with Crippen LogP contribution < -0.4 is 0 Å². The summed E-state index contributed by atoms with van der Waals surface area (Å²) in [6.07, 6.45) is 1.63. The summed E-state index contributed by atoms with van der Waals surface area (Å²) in [6.45, 7) is 3.96. The number of hydrogen-bond donors (Lipinski definition) is 0. The zero-order valence-corrected chi connectivity index (χ0v) is 11.6. The minimum absolute atomic E-state index is 0.151. The summed E-state index contributed by atoms with van der Waals surface area (Å²) in [5.41, 5.74) is 3.77. The maximum absolute atomic E-state index is 12.3. The molecular formula is C18H15NO. The average molecular weight is 261 g/mol. The van der Waals surface area contributed by atoms with E-state index < -0.39 is 0 Å². The van der Waals surface area contributed by atoms with Crippen LogP contribution in [0.25, 0.3) is 6.08 Å². The highest BCUT2D eigenvalue weighted by atomic mass is 16.1. The number of carbonyl (C=O) groups is 1.